The Balaban J connectivity index is 1.39. The van der Waals surface area contributed by atoms with Crippen molar-refractivity contribution < 1.29 is 4.79 Å². The maximum atomic E-state index is 12.7. The van der Waals surface area contributed by atoms with Crippen LogP contribution in [0.25, 0.3) is 31.9 Å². The van der Waals surface area contributed by atoms with Crippen LogP contribution in [0, 0.1) is 0 Å². The monoisotopic (exact) mass is 445 g/mol. The number of nitrogens with zero attached hydrogens (tertiary/aromatic N) is 3. The van der Waals surface area contributed by atoms with Gasteiger partial charge in [-0.1, -0.05) is 60.3 Å². The first-order valence-electron chi connectivity index (χ1n) is 9.25. The highest BCUT2D eigenvalue weighted by Gasteiger charge is 2.16. The van der Waals surface area contributed by atoms with Crippen LogP contribution < -0.4 is 0 Å². The van der Waals surface area contributed by atoms with Crippen LogP contribution in [0.2, 0.25) is 0 Å². The fourth-order valence-electron chi connectivity index (χ4n) is 3.11. The molecule has 0 bridgehead atoms. The van der Waals surface area contributed by atoms with Crippen molar-refractivity contribution in [1.29, 1.82) is 0 Å². The minimum absolute atomic E-state index is 0.0503. The predicted octanol–water partition coefficient (Wildman–Crippen LogP) is 6.46. The SMILES string of the molecule is O=C(CSc1nnc(-c2cccs2)c(-c2cccs2)n1)c1ccc2ccccc2c1. The summed E-state index contributed by atoms with van der Waals surface area (Å²) >= 11 is 4.55. The van der Waals surface area contributed by atoms with Crippen molar-refractivity contribution in [2.75, 3.05) is 5.75 Å². The molecule has 2 aromatic carbocycles. The number of hydrogen-bond acceptors (Lipinski definition) is 7. The lowest BCUT2D eigenvalue weighted by atomic mass is 10.1. The molecule has 0 amide bonds. The predicted molar refractivity (Wildman–Crippen MR) is 125 cm³/mol. The summed E-state index contributed by atoms with van der Waals surface area (Å²) in [6.45, 7) is 0. The minimum Gasteiger partial charge on any atom is -0.293 e. The quantitative estimate of drug-likeness (QED) is 0.222. The molecule has 5 rings (SSSR count). The van der Waals surface area contributed by atoms with Gasteiger partial charge in [-0.05, 0) is 39.7 Å². The van der Waals surface area contributed by atoms with Crippen LogP contribution >= 0.6 is 34.4 Å². The van der Waals surface area contributed by atoms with Gasteiger partial charge in [0.2, 0.25) is 5.16 Å². The fourth-order valence-corrected chi connectivity index (χ4v) is 5.22. The summed E-state index contributed by atoms with van der Waals surface area (Å²) in [5.74, 6) is 0.316. The van der Waals surface area contributed by atoms with E-state index in [0.717, 1.165) is 31.9 Å². The normalized spacial score (nSPS) is 11.1. The van der Waals surface area contributed by atoms with Gasteiger partial charge < -0.3 is 0 Å². The molecule has 146 valence electrons. The Morgan fingerprint density at radius 1 is 0.800 bits per heavy atom. The summed E-state index contributed by atoms with van der Waals surface area (Å²) in [4.78, 5) is 19.5. The third-order valence-corrected chi connectivity index (χ3v) is 7.17. The van der Waals surface area contributed by atoms with Gasteiger partial charge in [0, 0.05) is 5.56 Å². The number of thioether (sulfide) groups is 1. The first kappa shape index (κ1) is 19.1. The van der Waals surface area contributed by atoms with Gasteiger partial charge in [0.05, 0.1) is 15.5 Å². The summed E-state index contributed by atoms with van der Waals surface area (Å²) in [5, 5.41) is 15.4. The zero-order valence-electron chi connectivity index (χ0n) is 15.7. The lowest BCUT2D eigenvalue weighted by Gasteiger charge is -2.06. The summed E-state index contributed by atoms with van der Waals surface area (Å²) < 4.78 is 0. The Bertz CT molecular complexity index is 1320. The van der Waals surface area contributed by atoms with Crippen LogP contribution in [0.1, 0.15) is 10.4 Å². The molecule has 5 aromatic rings. The van der Waals surface area contributed by atoms with E-state index in [2.05, 4.69) is 10.2 Å². The Morgan fingerprint density at radius 2 is 1.53 bits per heavy atom. The molecule has 0 spiro atoms. The number of ketones is 1. The lowest BCUT2D eigenvalue weighted by molar-refractivity contribution is 0.102. The van der Waals surface area contributed by atoms with Gasteiger partial charge in [0.1, 0.15) is 11.4 Å². The van der Waals surface area contributed by atoms with E-state index in [1.54, 1.807) is 22.7 Å². The summed E-state index contributed by atoms with van der Waals surface area (Å²) in [6, 6.07) is 21.9. The molecule has 0 radical (unpaired) electrons. The van der Waals surface area contributed by atoms with E-state index in [9.17, 15) is 4.79 Å². The molecule has 0 aliphatic rings. The van der Waals surface area contributed by atoms with Crippen molar-refractivity contribution in [3.63, 3.8) is 0 Å². The zero-order valence-corrected chi connectivity index (χ0v) is 18.1. The number of benzene rings is 2. The molecule has 30 heavy (non-hydrogen) atoms. The Labute approximate surface area is 185 Å². The van der Waals surface area contributed by atoms with Gasteiger partial charge in [-0.2, -0.15) is 0 Å². The van der Waals surface area contributed by atoms with Crippen LogP contribution in [0.3, 0.4) is 0 Å². The average molecular weight is 446 g/mol. The third kappa shape index (κ3) is 3.92. The third-order valence-electron chi connectivity index (χ3n) is 4.58. The molecule has 0 saturated heterocycles. The van der Waals surface area contributed by atoms with Crippen LogP contribution in [-0.2, 0) is 0 Å². The van der Waals surface area contributed by atoms with E-state index in [1.807, 2.05) is 77.5 Å². The standard InChI is InChI=1S/C23H15N3OS3/c27-18(17-10-9-15-5-1-2-6-16(15)13-17)14-30-23-24-21(19-7-3-11-28-19)22(25-26-23)20-8-4-12-29-20/h1-13H,14H2. The van der Waals surface area contributed by atoms with E-state index < -0.39 is 0 Å². The van der Waals surface area contributed by atoms with Crippen molar-refractivity contribution in [3.8, 4) is 21.1 Å². The highest BCUT2D eigenvalue weighted by Crippen LogP contribution is 2.34. The summed E-state index contributed by atoms with van der Waals surface area (Å²) in [7, 11) is 0. The summed E-state index contributed by atoms with van der Waals surface area (Å²) in [6.07, 6.45) is 0. The number of rotatable bonds is 6. The largest absolute Gasteiger partial charge is 0.293 e. The molecule has 0 atom stereocenters. The highest BCUT2D eigenvalue weighted by molar-refractivity contribution is 7.99. The van der Waals surface area contributed by atoms with Gasteiger partial charge in [0.25, 0.3) is 0 Å². The molecular weight excluding hydrogens is 430 g/mol. The van der Waals surface area contributed by atoms with Crippen molar-refractivity contribution in [2.24, 2.45) is 0 Å². The van der Waals surface area contributed by atoms with Gasteiger partial charge in [0.15, 0.2) is 5.78 Å². The number of carbonyl (C=O) groups excluding carboxylic acids is 1. The molecule has 0 aliphatic heterocycles. The molecule has 7 heteroatoms. The molecule has 0 aliphatic carbocycles. The first-order chi connectivity index (χ1) is 14.8. The van der Waals surface area contributed by atoms with Gasteiger partial charge in [-0.3, -0.25) is 4.79 Å². The second-order valence-electron chi connectivity index (χ2n) is 6.52. The zero-order chi connectivity index (χ0) is 20.3. The number of thiophene rings is 2. The minimum atomic E-state index is 0.0503. The molecule has 3 aromatic heterocycles. The van der Waals surface area contributed by atoms with Crippen LogP contribution in [0.4, 0.5) is 0 Å². The van der Waals surface area contributed by atoms with Gasteiger partial charge in [-0.15, -0.1) is 32.9 Å². The highest BCUT2D eigenvalue weighted by atomic mass is 32.2. The fraction of sp³-hybridized carbons (Fsp3) is 0.0435. The maximum Gasteiger partial charge on any atom is 0.210 e. The maximum absolute atomic E-state index is 12.7. The topological polar surface area (TPSA) is 55.7 Å². The lowest BCUT2D eigenvalue weighted by Crippen LogP contribution is -2.04. The molecule has 0 saturated carbocycles. The Hall–Kier alpha value is -2.87. The average Bonchev–Trinajstić information content (AvgIpc) is 3.51. The van der Waals surface area contributed by atoms with Crippen LogP contribution in [-0.4, -0.2) is 26.7 Å². The molecule has 4 nitrogen and oxygen atoms in total. The van der Waals surface area contributed by atoms with Crippen molar-refractivity contribution >= 4 is 51.0 Å². The van der Waals surface area contributed by atoms with E-state index in [4.69, 9.17) is 4.98 Å². The summed E-state index contributed by atoms with van der Waals surface area (Å²) in [5.41, 5.74) is 2.28. The number of Topliss-reactive ketones (excluding diaryl/α,β-unsaturated/α-hetero) is 1. The first-order valence-corrected chi connectivity index (χ1v) is 12.0. The Morgan fingerprint density at radius 3 is 2.27 bits per heavy atom. The van der Waals surface area contributed by atoms with E-state index >= 15 is 0 Å². The van der Waals surface area contributed by atoms with Crippen molar-refractivity contribution in [3.05, 3.63) is 83.1 Å². The molecular formula is C23H15N3OS3. The van der Waals surface area contributed by atoms with Crippen LogP contribution in [0.5, 0.6) is 0 Å². The number of fused-ring (bicyclic) bond motifs is 1. The van der Waals surface area contributed by atoms with E-state index in [0.29, 0.717) is 10.7 Å². The van der Waals surface area contributed by atoms with Crippen molar-refractivity contribution in [1.82, 2.24) is 15.2 Å². The number of aromatic nitrogens is 3. The second kappa shape index (κ2) is 8.47. The van der Waals surface area contributed by atoms with Gasteiger partial charge in [-0.25, -0.2) is 4.98 Å². The molecule has 3 heterocycles. The molecule has 0 N–H and O–H groups in total. The van der Waals surface area contributed by atoms with Crippen molar-refractivity contribution in [2.45, 2.75) is 5.16 Å². The van der Waals surface area contributed by atoms with E-state index in [-0.39, 0.29) is 11.5 Å². The smallest absolute Gasteiger partial charge is 0.210 e. The molecule has 0 fully saturated rings. The van der Waals surface area contributed by atoms with E-state index in [1.165, 1.54) is 11.8 Å². The number of carbonyl (C=O) groups is 1. The second-order valence-corrected chi connectivity index (χ2v) is 9.36. The molecule has 0 unspecified atom stereocenters. The van der Waals surface area contributed by atoms with Gasteiger partial charge >= 0.3 is 0 Å². The number of hydrogen-bond donors (Lipinski definition) is 0. The van der Waals surface area contributed by atoms with Crippen LogP contribution in [0.15, 0.2) is 82.6 Å². The Kier molecular flexibility index (Phi) is 5.40.